The maximum Gasteiger partial charge on any atom is 0.309 e. The predicted molar refractivity (Wildman–Crippen MR) is 119 cm³/mol. The van der Waals surface area contributed by atoms with Crippen molar-refractivity contribution in [3.05, 3.63) is 29.8 Å². The van der Waals surface area contributed by atoms with Crippen molar-refractivity contribution in [2.45, 2.75) is 33.1 Å². The zero-order chi connectivity index (χ0) is 18.8. The smallest absolute Gasteiger partial charge is 0.309 e. The molecule has 1 aliphatic heterocycles. The average Bonchev–Trinajstić information content (AvgIpc) is 2.67. The molecule has 152 valence electrons. The van der Waals surface area contributed by atoms with E-state index in [1.807, 2.05) is 32.0 Å². The highest BCUT2D eigenvalue weighted by molar-refractivity contribution is 14.0. The number of hydrogen-bond donors (Lipinski definition) is 1. The van der Waals surface area contributed by atoms with Gasteiger partial charge in [0.25, 0.3) is 0 Å². The summed E-state index contributed by atoms with van der Waals surface area (Å²) in [5, 5.41) is 3.43. The number of guanidine groups is 1. The number of likely N-dealkylation sites (tertiary alicyclic amines) is 1. The number of benzene rings is 1. The minimum atomic E-state index is -0.0670. The lowest BCUT2D eigenvalue weighted by Crippen LogP contribution is -2.47. The lowest BCUT2D eigenvalue weighted by Gasteiger charge is -2.33. The van der Waals surface area contributed by atoms with E-state index >= 15 is 0 Å². The van der Waals surface area contributed by atoms with Gasteiger partial charge >= 0.3 is 5.97 Å². The Labute approximate surface area is 179 Å². The molecule has 0 bridgehead atoms. The van der Waals surface area contributed by atoms with Crippen LogP contribution in [0.1, 0.15) is 32.3 Å². The second-order valence-electron chi connectivity index (χ2n) is 6.28. The molecule has 0 amide bonds. The van der Waals surface area contributed by atoms with Gasteiger partial charge in [0, 0.05) is 26.7 Å². The molecule has 0 spiro atoms. The molecule has 0 aliphatic carbocycles. The van der Waals surface area contributed by atoms with Crippen molar-refractivity contribution in [3.63, 3.8) is 0 Å². The molecule has 0 atom stereocenters. The molecule has 1 fully saturated rings. The Bertz CT molecular complexity index is 602. The van der Waals surface area contributed by atoms with Crippen LogP contribution in [0.25, 0.3) is 0 Å². The number of piperidine rings is 1. The van der Waals surface area contributed by atoms with Crippen LogP contribution in [0.15, 0.2) is 29.3 Å². The molecule has 7 heteroatoms. The van der Waals surface area contributed by atoms with Crippen molar-refractivity contribution in [3.8, 4) is 5.75 Å². The first-order valence-corrected chi connectivity index (χ1v) is 9.52. The summed E-state index contributed by atoms with van der Waals surface area (Å²) in [7, 11) is 1.80. The van der Waals surface area contributed by atoms with E-state index in [-0.39, 0.29) is 35.9 Å². The van der Waals surface area contributed by atoms with Gasteiger partial charge in [-0.15, -0.1) is 24.0 Å². The second kappa shape index (κ2) is 12.8. The molecule has 1 aromatic rings. The van der Waals surface area contributed by atoms with Gasteiger partial charge in [-0.2, -0.15) is 0 Å². The monoisotopic (exact) mass is 489 g/mol. The van der Waals surface area contributed by atoms with E-state index in [4.69, 9.17) is 9.47 Å². The number of nitrogens with one attached hydrogen (secondary N) is 1. The molecule has 1 heterocycles. The Morgan fingerprint density at radius 2 is 1.93 bits per heavy atom. The molecule has 0 saturated carbocycles. The standard InChI is InChI=1S/C20H31N3O3.HI/c1-4-25-18-9-7-6-8-16(18)10-13-22-20(21-3)23-14-11-17(12-15-23)19(24)26-5-2;/h6-9,17H,4-5,10-15H2,1-3H3,(H,21,22);1H. The van der Waals surface area contributed by atoms with Gasteiger partial charge in [-0.05, 0) is 44.7 Å². The Kier molecular flexibility index (Phi) is 11.2. The fraction of sp³-hybridized carbons (Fsp3) is 0.600. The van der Waals surface area contributed by atoms with Crippen LogP contribution in [0.3, 0.4) is 0 Å². The molecule has 0 aromatic heterocycles. The lowest BCUT2D eigenvalue weighted by atomic mass is 9.97. The Morgan fingerprint density at radius 1 is 1.22 bits per heavy atom. The minimum absolute atomic E-state index is 0. The number of esters is 1. The van der Waals surface area contributed by atoms with Crippen molar-refractivity contribution >= 4 is 35.9 Å². The molecular weight excluding hydrogens is 457 g/mol. The SMILES string of the molecule is CCOC(=O)C1CCN(C(=NC)NCCc2ccccc2OCC)CC1.I. The van der Waals surface area contributed by atoms with Crippen LogP contribution in [0.5, 0.6) is 5.75 Å². The van der Waals surface area contributed by atoms with Gasteiger partial charge in [0.05, 0.1) is 19.1 Å². The number of ether oxygens (including phenoxy) is 2. The maximum atomic E-state index is 11.9. The zero-order valence-electron chi connectivity index (χ0n) is 16.6. The van der Waals surface area contributed by atoms with E-state index < -0.39 is 0 Å². The van der Waals surface area contributed by atoms with Gasteiger partial charge < -0.3 is 19.7 Å². The fourth-order valence-electron chi connectivity index (χ4n) is 3.24. The summed E-state index contributed by atoms with van der Waals surface area (Å²) >= 11 is 0. The third kappa shape index (κ3) is 7.20. The van der Waals surface area contributed by atoms with Crippen molar-refractivity contribution < 1.29 is 14.3 Å². The van der Waals surface area contributed by atoms with Crippen LogP contribution in [-0.4, -0.2) is 56.7 Å². The van der Waals surface area contributed by atoms with Crippen LogP contribution in [0, 0.1) is 5.92 Å². The summed E-state index contributed by atoms with van der Waals surface area (Å²) in [6.07, 6.45) is 2.49. The van der Waals surface area contributed by atoms with Gasteiger partial charge in [-0.25, -0.2) is 0 Å². The van der Waals surface area contributed by atoms with Gasteiger partial charge in [-0.3, -0.25) is 9.79 Å². The topological polar surface area (TPSA) is 63.2 Å². The summed E-state index contributed by atoms with van der Waals surface area (Å²) in [4.78, 5) is 18.5. The minimum Gasteiger partial charge on any atom is -0.494 e. The highest BCUT2D eigenvalue weighted by Crippen LogP contribution is 2.20. The molecule has 1 aromatic carbocycles. The number of aliphatic imine (C=N–C) groups is 1. The fourth-order valence-corrected chi connectivity index (χ4v) is 3.24. The average molecular weight is 489 g/mol. The van der Waals surface area contributed by atoms with E-state index in [0.29, 0.717) is 13.2 Å². The summed E-state index contributed by atoms with van der Waals surface area (Å²) in [6, 6.07) is 8.13. The molecule has 0 unspecified atom stereocenters. The predicted octanol–water partition coefficient (Wildman–Crippen LogP) is 3.10. The zero-order valence-corrected chi connectivity index (χ0v) is 18.9. The first-order chi connectivity index (χ1) is 12.7. The van der Waals surface area contributed by atoms with E-state index in [1.165, 1.54) is 5.56 Å². The van der Waals surface area contributed by atoms with Crippen molar-refractivity contribution in [2.75, 3.05) is 39.9 Å². The molecule has 6 nitrogen and oxygen atoms in total. The summed E-state index contributed by atoms with van der Waals surface area (Å²) in [5.41, 5.74) is 1.19. The number of rotatable bonds is 7. The van der Waals surface area contributed by atoms with Crippen LogP contribution in [0.4, 0.5) is 0 Å². The van der Waals surface area contributed by atoms with E-state index in [0.717, 1.165) is 50.6 Å². The first kappa shape index (κ1) is 23.5. The second-order valence-corrected chi connectivity index (χ2v) is 6.28. The van der Waals surface area contributed by atoms with Crippen molar-refractivity contribution in [2.24, 2.45) is 10.9 Å². The number of carbonyl (C=O) groups is 1. The molecule has 0 radical (unpaired) electrons. The van der Waals surface area contributed by atoms with Gasteiger partial charge in [0.15, 0.2) is 5.96 Å². The lowest BCUT2D eigenvalue weighted by molar-refractivity contribution is -0.149. The molecule has 2 rings (SSSR count). The van der Waals surface area contributed by atoms with E-state index in [1.54, 1.807) is 7.05 Å². The van der Waals surface area contributed by atoms with Crippen LogP contribution < -0.4 is 10.1 Å². The van der Waals surface area contributed by atoms with Crippen LogP contribution in [0.2, 0.25) is 0 Å². The molecule has 1 N–H and O–H groups in total. The van der Waals surface area contributed by atoms with E-state index in [2.05, 4.69) is 21.3 Å². The largest absolute Gasteiger partial charge is 0.494 e. The Hall–Kier alpha value is -1.51. The summed E-state index contributed by atoms with van der Waals surface area (Å²) in [6.45, 7) is 7.39. The molecule has 1 aliphatic rings. The Morgan fingerprint density at radius 3 is 2.56 bits per heavy atom. The number of nitrogens with zero attached hydrogens (tertiary/aromatic N) is 2. The first-order valence-electron chi connectivity index (χ1n) is 9.52. The van der Waals surface area contributed by atoms with Crippen molar-refractivity contribution in [1.82, 2.24) is 10.2 Å². The van der Waals surface area contributed by atoms with Crippen LogP contribution in [-0.2, 0) is 16.0 Å². The number of para-hydroxylation sites is 1. The number of carbonyl (C=O) groups excluding carboxylic acids is 1. The summed E-state index contributed by atoms with van der Waals surface area (Å²) in [5.74, 6) is 1.79. The third-order valence-electron chi connectivity index (χ3n) is 4.58. The Balaban J connectivity index is 0.00000364. The quantitative estimate of drug-likeness (QED) is 0.276. The number of halogens is 1. The third-order valence-corrected chi connectivity index (χ3v) is 4.58. The van der Waals surface area contributed by atoms with Crippen molar-refractivity contribution in [1.29, 1.82) is 0 Å². The highest BCUT2D eigenvalue weighted by atomic mass is 127. The van der Waals surface area contributed by atoms with Gasteiger partial charge in [0.1, 0.15) is 5.75 Å². The normalized spacial score (nSPS) is 15.1. The molecule has 1 saturated heterocycles. The maximum absolute atomic E-state index is 11.9. The molecule has 27 heavy (non-hydrogen) atoms. The van der Waals surface area contributed by atoms with Gasteiger partial charge in [0.2, 0.25) is 0 Å². The highest BCUT2D eigenvalue weighted by Gasteiger charge is 2.27. The number of hydrogen-bond acceptors (Lipinski definition) is 4. The summed E-state index contributed by atoms with van der Waals surface area (Å²) < 4.78 is 10.8. The van der Waals surface area contributed by atoms with E-state index in [9.17, 15) is 4.79 Å². The van der Waals surface area contributed by atoms with Crippen LogP contribution >= 0.6 is 24.0 Å². The molecular formula is C20H32IN3O3. The van der Waals surface area contributed by atoms with Gasteiger partial charge in [-0.1, -0.05) is 18.2 Å².